The van der Waals surface area contributed by atoms with Gasteiger partial charge in [-0.05, 0) is 34.2 Å². The minimum Gasteiger partial charge on any atom is -0.381 e. The number of halogens is 1. The highest BCUT2D eigenvalue weighted by molar-refractivity contribution is 9.10. The van der Waals surface area contributed by atoms with E-state index in [2.05, 4.69) is 42.8 Å². The van der Waals surface area contributed by atoms with Gasteiger partial charge >= 0.3 is 0 Å². The second kappa shape index (κ2) is 6.05. The molecule has 3 rings (SSSR count). The fourth-order valence-corrected chi connectivity index (χ4v) is 2.51. The van der Waals surface area contributed by atoms with Gasteiger partial charge in [-0.25, -0.2) is 4.68 Å². The Balaban J connectivity index is 1.78. The van der Waals surface area contributed by atoms with Gasteiger partial charge in [0.05, 0.1) is 0 Å². The highest BCUT2D eigenvalue weighted by atomic mass is 79.9. The summed E-state index contributed by atoms with van der Waals surface area (Å²) in [5.41, 5.74) is 3.23. The fourth-order valence-electron chi connectivity index (χ4n) is 2.08. The van der Waals surface area contributed by atoms with E-state index in [0.29, 0.717) is 0 Å². The number of nitrogens with zero attached hydrogens (tertiary/aromatic N) is 4. The molecule has 0 saturated carbocycles. The number of rotatable bonds is 4. The third-order valence-corrected chi connectivity index (χ3v) is 3.96. The molecule has 1 aromatic heterocycles. The van der Waals surface area contributed by atoms with Crippen LogP contribution in [0.5, 0.6) is 0 Å². The number of aromatic nitrogens is 4. The zero-order chi connectivity index (χ0) is 14.7. The number of hydrogen-bond donors (Lipinski definition) is 1. The van der Waals surface area contributed by atoms with Gasteiger partial charge in [0, 0.05) is 29.3 Å². The second-order valence-electron chi connectivity index (χ2n) is 4.65. The maximum atomic E-state index is 4.03. The Morgan fingerprint density at radius 3 is 2.76 bits per heavy atom. The van der Waals surface area contributed by atoms with Crippen LogP contribution in [0.25, 0.3) is 11.4 Å². The molecular weight excluding hydrogens is 330 g/mol. The Labute approximate surface area is 131 Å². The molecule has 0 spiro atoms. The molecule has 1 N–H and O–H groups in total. The number of anilines is 1. The van der Waals surface area contributed by atoms with Gasteiger partial charge in [-0.3, -0.25) is 0 Å². The van der Waals surface area contributed by atoms with E-state index in [9.17, 15) is 0 Å². The SMILES string of the molecule is Cn1nnnc1-c1cccc(NCc2ccccc2Br)c1. The van der Waals surface area contributed by atoms with Crippen molar-refractivity contribution in [1.82, 2.24) is 20.2 Å². The van der Waals surface area contributed by atoms with Crippen LogP contribution in [0.2, 0.25) is 0 Å². The monoisotopic (exact) mass is 343 g/mol. The molecule has 0 aliphatic rings. The minimum absolute atomic E-state index is 0.750. The zero-order valence-electron chi connectivity index (χ0n) is 11.5. The van der Waals surface area contributed by atoms with Crippen LogP contribution in [0.4, 0.5) is 5.69 Å². The molecule has 6 heteroatoms. The largest absolute Gasteiger partial charge is 0.381 e. The summed E-state index contributed by atoms with van der Waals surface area (Å²) in [4.78, 5) is 0. The number of aryl methyl sites for hydroxylation is 1. The summed E-state index contributed by atoms with van der Waals surface area (Å²) in [5, 5.41) is 15.0. The molecule has 1 heterocycles. The average Bonchev–Trinajstić information content (AvgIpc) is 2.93. The van der Waals surface area contributed by atoms with Gasteiger partial charge < -0.3 is 5.32 Å². The van der Waals surface area contributed by atoms with Crippen molar-refractivity contribution in [3.05, 3.63) is 58.6 Å². The van der Waals surface area contributed by atoms with Gasteiger partial charge in [0.15, 0.2) is 5.82 Å². The molecule has 0 aliphatic heterocycles. The van der Waals surface area contributed by atoms with E-state index >= 15 is 0 Å². The van der Waals surface area contributed by atoms with E-state index in [1.54, 1.807) is 4.68 Å². The molecule has 0 amide bonds. The molecule has 106 valence electrons. The smallest absolute Gasteiger partial charge is 0.181 e. The number of benzene rings is 2. The van der Waals surface area contributed by atoms with Crippen LogP contribution in [-0.4, -0.2) is 20.2 Å². The van der Waals surface area contributed by atoms with Crippen molar-refractivity contribution in [3.8, 4) is 11.4 Å². The lowest BCUT2D eigenvalue weighted by atomic mass is 10.1. The van der Waals surface area contributed by atoms with Crippen LogP contribution in [-0.2, 0) is 13.6 Å². The lowest BCUT2D eigenvalue weighted by molar-refractivity contribution is 0.714. The number of nitrogens with one attached hydrogen (secondary N) is 1. The summed E-state index contributed by atoms with van der Waals surface area (Å²) in [6.45, 7) is 0.752. The molecule has 2 aromatic carbocycles. The molecule has 0 fully saturated rings. The third-order valence-electron chi connectivity index (χ3n) is 3.18. The topological polar surface area (TPSA) is 55.6 Å². The maximum absolute atomic E-state index is 4.03. The normalized spacial score (nSPS) is 10.6. The van der Waals surface area contributed by atoms with Crippen LogP contribution >= 0.6 is 15.9 Å². The molecule has 0 saturated heterocycles. The standard InChI is InChI=1S/C15H14BrN5/c1-21-15(18-19-20-21)11-6-4-7-13(9-11)17-10-12-5-2-3-8-14(12)16/h2-9,17H,10H2,1H3. The van der Waals surface area contributed by atoms with Crippen molar-refractivity contribution in [2.45, 2.75) is 6.54 Å². The van der Waals surface area contributed by atoms with Crippen LogP contribution in [0, 0.1) is 0 Å². The fraction of sp³-hybridized carbons (Fsp3) is 0.133. The zero-order valence-corrected chi connectivity index (χ0v) is 13.1. The van der Waals surface area contributed by atoms with E-state index in [4.69, 9.17) is 0 Å². The van der Waals surface area contributed by atoms with E-state index in [0.717, 1.165) is 28.1 Å². The Hall–Kier alpha value is -2.21. The molecule has 0 unspecified atom stereocenters. The lowest BCUT2D eigenvalue weighted by Crippen LogP contribution is -2.01. The van der Waals surface area contributed by atoms with Crippen molar-refractivity contribution >= 4 is 21.6 Å². The van der Waals surface area contributed by atoms with Gasteiger partial charge in [-0.15, -0.1) is 5.10 Å². The molecule has 0 atom stereocenters. The van der Waals surface area contributed by atoms with Crippen molar-refractivity contribution < 1.29 is 0 Å². The number of tetrazole rings is 1. The van der Waals surface area contributed by atoms with Crippen molar-refractivity contribution in [3.63, 3.8) is 0 Å². The Morgan fingerprint density at radius 1 is 1.14 bits per heavy atom. The summed E-state index contributed by atoms with van der Waals surface area (Å²) >= 11 is 3.56. The first kappa shape index (κ1) is 13.8. The predicted octanol–water partition coefficient (Wildman–Crippen LogP) is 3.25. The molecule has 21 heavy (non-hydrogen) atoms. The molecule has 0 radical (unpaired) electrons. The molecule has 0 bridgehead atoms. The second-order valence-corrected chi connectivity index (χ2v) is 5.51. The van der Waals surface area contributed by atoms with E-state index < -0.39 is 0 Å². The third kappa shape index (κ3) is 3.11. The predicted molar refractivity (Wildman–Crippen MR) is 85.7 cm³/mol. The van der Waals surface area contributed by atoms with Crippen LogP contribution in [0.1, 0.15) is 5.56 Å². The van der Waals surface area contributed by atoms with Crippen molar-refractivity contribution in [1.29, 1.82) is 0 Å². The van der Waals surface area contributed by atoms with Crippen LogP contribution < -0.4 is 5.32 Å². The van der Waals surface area contributed by atoms with Gasteiger partial charge in [-0.2, -0.15) is 0 Å². The van der Waals surface area contributed by atoms with Crippen molar-refractivity contribution in [2.24, 2.45) is 7.05 Å². The first-order chi connectivity index (χ1) is 10.2. The summed E-state index contributed by atoms with van der Waals surface area (Å²) < 4.78 is 2.76. The summed E-state index contributed by atoms with van der Waals surface area (Å²) in [5.74, 6) is 0.750. The first-order valence-electron chi connectivity index (χ1n) is 6.54. The van der Waals surface area contributed by atoms with Gasteiger partial charge in [0.1, 0.15) is 0 Å². The summed E-state index contributed by atoms with van der Waals surface area (Å²) in [6.07, 6.45) is 0. The first-order valence-corrected chi connectivity index (χ1v) is 7.33. The van der Waals surface area contributed by atoms with E-state index in [1.165, 1.54) is 5.56 Å². The lowest BCUT2D eigenvalue weighted by Gasteiger charge is -2.09. The Kier molecular flexibility index (Phi) is 3.96. The highest BCUT2D eigenvalue weighted by Gasteiger charge is 2.06. The number of hydrogen-bond acceptors (Lipinski definition) is 4. The quantitative estimate of drug-likeness (QED) is 0.789. The average molecular weight is 344 g/mol. The van der Waals surface area contributed by atoms with E-state index in [-0.39, 0.29) is 0 Å². The van der Waals surface area contributed by atoms with E-state index in [1.807, 2.05) is 49.5 Å². The Bertz CT molecular complexity index is 753. The van der Waals surface area contributed by atoms with Crippen LogP contribution in [0.15, 0.2) is 53.0 Å². The van der Waals surface area contributed by atoms with Gasteiger partial charge in [-0.1, -0.05) is 46.3 Å². The highest BCUT2D eigenvalue weighted by Crippen LogP contribution is 2.21. The van der Waals surface area contributed by atoms with Crippen LogP contribution in [0.3, 0.4) is 0 Å². The molecule has 0 aliphatic carbocycles. The van der Waals surface area contributed by atoms with Gasteiger partial charge in [0.25, 0.3) is 0 Å². The Morgan fingerprint density at radius 2 is 2.00 bits per heavy atom. The summed E-state index contributed by atoms with van der Waals surface area (Å²) in [6, 6.07) is 16.2. The minimum atomic E-state index is 0.750. The molecule has 3 aromatic rings. The molecular formula is C15H14BrN5. The van der Waals surface area contributed by atoms with Gasteiger partial charge in [0.2, 0.25) is 0 Å². The molecule has 5 nitrogen and oxygen atoms in total. The summed E-state index contributed by atoms with van der Waals surface area (Å²) in [7, 11) is 1.83. The maximum Gasteiger partial charge on any atom is 0.181 e. The van der Waals surface area contributed by atoms with Crippen molar-refractivity contribution in [2.75, 3.05) is 5.32 Å².